The standard InChI is InChI=1S/C9H15N5/c1-6-4-8(7(10)5-11-6)13-9-2-3-12-14-9/h2-3,6,11H,4-5,10H2,1H3,(H2,12,13,14). The summed E-state index contributed by atoms with van der Waals surface area (Å²) in [6.45, 7) is 2.89. The third kappa shape index (κ3) is 1.88. The molecule has 0 aliphatic carbocycles. The Morgan fingerprint density at radius 2 is 2.50 bits per heavy atom. The predicted octanol–water partition coefficient (Wildman–Crippen LogP) is 0.374. The summed E-state index contributed by atoms with van der Waals surface area (Å²) in [5.74, 6) is 0.886. The van der Waals surface area contributed by atoms with Gasteiger partial charge in [0.25, 0.3) is 0 Å². The second kappa shape index (κ2) is 3.71. The minimum absolute atomic E-state index is 0.465. The molecule has 1 aliphatic rings. The fraction of sp³-hybridized carbons (Fsp3) is 0.444. The number of hydrogen-bond acceptors (Lipinski definition) is 4. The van der Waals surface area contributed by atoms with Gasteiger partial charge in [-0.25, -0.2) is 0 Å². The van der Waals surface area contributed by atoms with Crippen molar-refractivity contribution in [1.82, 2.24) is 15.5 Å². The van der Waals surface area contributed by atoms with Gasteiger partial charge in [0.1, 0.15) is 5.82 Å². The van der Waals surface area contributed by atoms with Crippen LogP contribution < -0.4 is 16.4 Å². The second-order valence-corrected chi connectivity index (χ2v) is 3.59. The highest BCUT2D eigenvalue weighted by molar-refractivity contribution is 5.42. The first-order valence-electron chi connectivity index (χ1n) is 4.73. The Kier molecular flexibility index (Phi) is 2.41. The Hall–Kier alpha value is -1.49. The molecule has 0 fully saturated rings. The van der Waals surface area contributed by atoms with E-state index in [2.05, 4.69) is 27.8 Å². The number of nitrogens with zero attached hydrogens (tertiary/aromatic N) is 1. The molecule has 0 amide bonds. The highest BCUT2D eigenvalue weighted by Gasteiger charge is 2.15. The molecule has 14 heavy (non-hydrogen) atoms. The summed E-state index contributed by atoms with van der Waals surface area (Å²) in [6, 6.07) is 2.35. The van der Waals surface area contributed by atoms with E-state index in [0.717, 1.165) is 30.2 Å². The van der Waals surface area contributed by atoms with Crippen molar-refractivity contribution in [2.75, 3.05) is 11.9 Å². The third-order valence-corrected chi connectivity index (χ3v) is 2.33. The molecule has 0 bridgehead atoms. The van der Waals surface area contributed by atoms with Gasteiger partial charge < -0.3 is 16.4 Å². The molecule has 5 N–H and O–H groups in total. The fourth-order valence-corrected chi connectivity index (χ4v) is 1.52. The summed E-state index contributed by atoms with van der Waals surface area (Å²) < 4.78 is 0. The van der Waals surface area contributed by atoms with Crippen molar-refractivity contribution in [2.24, 2.45) is 5.73 Å². The summed E-state index contributed by atoms with van der Waals surface area (Å²) in [5, 5.41) is 13.2. The summed E-state index contributed by atoms with van der Waals surface area (Å²) in [5.41, 5.74) is 7.83. The zero-order valence-electron chi connectivity index (χ0n) is 8.17. The van der Waals surface area contributed by atoms with E-state index in [4.69, 9.17) is 5.73 Å². The van der Waals surface area contributed by atoms with Crippen molar-refractivity contribution in [1.29, 1.82) is 0 Å². The maximum Gasteiger partial charge on any atom is 0.125 e. The zero-order chi connectivity index (χ0) is 9.97. The molecule has 0 saturated heterocycles. The molecule has 0 aromatic carbocycles. The topological polar surface area (TPSA) is 78.8 Å². The van der Waals surface area contributed by atoms with E-state index in [9.17, 15) is 0 Å². The highest BCUT2D eigenvalue weighted by Crippen LogP contribution is 2.15. The highest BCUT2D eigenvalue weighted by atomic mass is 15.2. The minimum atomic E-state index is 0.465. The number of nitrogens with two attached hydrogens (primary N) is 1. The molecular formula is C9H15N5. The smallest absolute Gasteiger partial charge is 0.125 e. The maximum absolute atomic E-state index is 5.88. The lowest BCUT2D eigenvalue weighted by Gasteiger charge is -2.24. The number of hydrogen-bond donors (Lipinski definition) is 4. The van der Waals surface area contributed by atoms with Crippen LogP contribution in [0.3, 0.4) is 0 Å². The first-order chi connectivity index (χ1) is 6.75. The number of nitrogens with one attached hydrogen (secondary N) is 3. The van der Waals surface area contributed by atoms with E-state index in [-0.39, 0.29) is 0 Å². The van der Waals surface area contributed by atoms with Crippen molar-refractivity contribution < 1.29 is 0 Å². The average molecular weight is 193 g/mol. The van der Waals surface area contributed by atoms with Crippen LogP contribution in [0.25, 0.3) is 0 Å². The molecule has 0 spiro atoms. The molecular weight excluding hydrogens is 178 g/mol. The lowest BCUT2D eigenvalue weighted by atomic mass is 10.1. The van der Waals surface area contributed by atoms with Gasteiger partial charge >= 0.3 is 0 Å². The largest absolute Gasteiger partial charge is 0.400 e. The van der Waals surface area contributed by atoms with Gasteiger partial charge in [0, 0.05) is 36.5 Å². The molecule has 5 nitrogen and oxygen atoms in total. The first kappa shape index (κ1) is 9.08. The van der Waals surface area contributed by atoms with E-state index < -0.39 is 0 Å². The van der Waals surface area contributed by atoms with Crippen LogP contribution in [0.5, 0.6) is 0 Å². The van der Waals surface area contributed by atoms with E-state index in [1.807, 2.05) is 6.07 Å². The Morgan fingerprint density at radius 3 is 3.21 bits per heavy atom. The van der Waals surface area contributed by atoms with Crippen molar-refractivity contribution in [2.45, 2.75) is 19.4 Å². The van der Waals surface area contributed by atoms with Gasteiger partial charge in [-0.15, -0.1) is 0 Å². The van der Waals surface area contributed by atoms with E-state index in [1.165, 1.54) is 0 Å². The first-order valence-corrected chi connectivity index (χ1v) is 4.73. The number of anilines is 1. The summed E-state index contributed by atoms with van der Waals surface area (Å²) in [7, 11) is 0. The van der Waals surface area contributed by atoms with Crippen LogP contribution in [0, 0.1) is 0 Å². The van der Waals surface area contributed by atoms with Crippen molar-refractivity contribution >= 4 is 5.82 Å². The Morgan fingerprint density at radius 1 is 1.64 bits per heavy atom. The van der Waals surface area contributed by atoms with Gasteiger partial charge in [0.2, 0.25) is 0 Å². The molecule has 1 aromatic heterocycles. The number of aromatic amines is 1. The van der Waals surface area contributed by atoms with Crippen molar-refractivity contribution in [3.05, 3.63) is 23.7 Å². The monoisotopic (exact) mass is 193 g/mol. The molecule has 0 saturated carbocycles. The van der Waals surface area contributed by atoms with Gasteiger partial charge in [0.15, 0.2) is 0 Å². The SMILES string of the molecule is CC1CC(Nc2ccn[nH]2)=C(N)CN1. The van der Waals surface area contributed by atoms with Gasteiger partial charge in [0.05, 0.1) is 6.20 Å². The van der Waals surface area contributed by atoms with Crippen LogP contribution in [0.15, 0.2) is 23.7 Å². The summed E-state index contributed by atoms with van der Waals surface area (Å²) >= 11 is 0. The number of aromatic nitrogens is 2. The molecule has 76 valence electrons. The molecule has 1 unspecified atom stereocenters. The molecule has 0 radical (unpaired) electrons. The lowest BCUT2D eigenvalue weighted by molar-refractivity contribution is 0.537. The van der Waals surface area contributed by atoms with Gasteiger partial charge in [-0.3, -0.25) is 5.10 Å². The predicted molar refractivity (Wildman–Crippen MR) is 55.5 cm³/mol. The quantitative estimate of drug-likeness (QED) is 0.547. The Bertz CT molecular complexity index is 327. The number of rotatable bonds is 2. The summed E-state index contributed by atoms with van der Waals surface area (Å²) in [6.07, 6.45) is 2.63. The van der Waals surface area contributed by atoms with Crippen LogP contribution in [0.1, 0.15) is 13.3 Å². The second-order valence-electron chi connectivity index (χ2n) is 3.59. The molecule has 2 rings (SSSR count). The Labute approximate surface area is 82.8 Å². The molecule has 2 heterocycles. The van der Waals surface area contributed by atoms with E-state index in [0.29, 0.717) is 6.04 Å². The van der Waals surface area contributed by atoms with Gasteiger partial charge in [-0.2, -0.15) is 5.10 Å². The number of H-pyrrole nitrogens is 1. The van der Waals surface area contributed by atoms with Crippen molar-refractivity contribution in [3.8, 4) is 0 Å². The average Bonchev–Trinajstić information content (AvgIpc) is 2.64. The molecule has 1 atom stereocenters. The van der Waals surface area contributed by atoms with Gasteiger partial charge in [-0.1, -0.05) is 0 Å². The Balaban J connectivity index is 2.09. The van der Waals surface area contributed by atoms with Crippen LogP contribution in [-0.4, -0.2) is 22.8 Å². The van der Waals surface area contributed by atoms with Crippen LogP contribution in [0.4, 0.5) is 5.82 Å². The van der Waals surface area contributed by atoms with Crippen LogP contribution in [0.2, 0.25) is 0 Å². The maximum atomic E-state index is 5.88. The van der Waals surface area contributed by atoms with E-state index >= 15 is 0 Å². The van der Waals surface area contributed by atoms with Crippen molar-refractivity contribution in [3.63, 3.8) is 0 Å². The molecule has 5 heteroatoms. The third-order valence-electron chi connectivity index (χ3n) is 2.33. The molecule has 1 aromatic rings. The van der Waals surface area contributed by atoms with E-state index in [1.54, 1.807) is 6.20 Å². The van der Waals surface area contributed by atoms with Crippen LogP contribution >= 0.6 is 0 Å². The minimum Gasteiger partial charge on any atom is -0.400 e. The van der Waals surface area contributed by atoms with Crippen LogP contribution in [-0.2, 0) is 0 Å². The van der Waals surface area contributed by atoms with Gasteiger partial charge in [-0.05, 0) is 6.92 Å². The summed E-state index contributed by atoms with van der Waals surface area (Å²) in [4.78, 5) is 0. The zero-order valence-corrected chi connectivity index (χ0v) is 8.17. The normalized spacial score (nSPS) is 22.5. The molecule has 1 aliphatic heterocycles. The fourth-order valence-electron chi connectivity index (χ4n) is 1.52. The lowest BCUT2D eigenvalue weighted by Crippen LogP contribution is -2.37.